The first-order chi connectivity index (χ1) is 19.9. The van der Waals surface area contributed by atoms with Gasteiger partial charge >= 0.3 is 7.82 Å². The van der Waals surface area contributed by atoms with E-state index in [1.165, 1.54) is 0 Å². The highest BCUT2D eigenvalue weighted by Gasteiger charge is 2.53. The van der Waals surface area contributed by atoms with Crippen LogP contribution in [-0.2, 0) is 38.1 Å². The Morgan fingerprint density at radius 2 is 1.74 bits per heavy atom. The number of nitriles is 1. The Morgan fingerprint density at radius 3 is 2.26 bits per heavy atom. The number of phosphoric ester groups is 1. The number of phosphoric acid groups is 1. The molecule has 0 aromatic carbocycles. The topological polar surface area (TPSA) is 188 Å². The number of thioether (sulfide) groups is 2. The van der Waals surface area contributed by atoms with Crippen LogP contribution < -0.4 is 5.73 Å². The van der Waals surface area contributed by atoms with E-state index in [1.807, 2.05) is 6.07 Å². The highest BCUT2D eigenvalue weighted by molar-refractivity contribution is 8.14. The van der Waals surface area contributed by atoms with Crippen LogP contribution >= 0.6 is 31.3 Å². The van der Waals surface area contributed by atoms with E-state index in [-0.39, 0.29) is 58.4 Å². The van der Waals surface area contributed by atoms with Crippen molar-refractivity contribution in [2.75, 3.05) is 37.1 Å². The molecule has 0 saturated carbocycles. The van der Waals surface area contributed by atoms with Gasteiger partial charge in [-0.2, -0.15) is 10.4 Å². The fourth-order valence-corrected chi connectivity index (χ4v) is 6.89. The van der Waals surface area contributed by atoms with Gasteiger partial charge < -0.3 is 15.6 Å². The van der Waals surface area contributed by atoms with Gasteiger partial charge in [0.15, 0.2) is 21.9 Å². The Labute approximate surface area is 258 Å². The lowest BCUT2D eigenvalue weighted by atomic mass is 9.94. The van der Waals surface area contributed by atoms with Gasteiger partial charge in [-0.3, -0.25) is 23.2 Å². The van der Waals surface area contributed by atoms with E-state index in [1.54, 1.807) is 41.5 Å². The predicted molar refractivity (Wildman–Crippen MR) is 159 cm³/mol. The third kappa shape index (κ3) is 8.55. The molecule has 2 aromatic heterocycles. The predicted octanol–water partition coefficient (Wildman–Crippen LogP) is 4.09. The van der Waals surface area contributed by atoms with Crippen molar-refractivity contribution in [3.05, 3.63) is 23.9 Å². The molecule has 0 amide bonds. The Balaban J connectivity index is 1.71. The number of carbonyl (C=O) groups excluding carboxylic acids is 2. The molecule has 0 bridgehead atoms. The molecule has 1 aliphatic rings. The standard InChI is InChI=1S/C26H37FN5O8PS2/c1-24(2,3)22(34)42-9-7-37-41(36,38-8-10-43-23(35)25(4,5)6)39-13-16-11-19(33)26(14-28,40-16)18-12-17(27)20-21(29)30-15-31-32(18)20/h12,15-16,19,33H,7-11,13H2,1-6H3,(H2,29,30,31)/t16-,19+,26-/m0/s1. The van der Waals surface area contributed by atoms with Gasteiger partial charge in [-0.05, 0) is 0 Å². The number of rotatable bonds is 12. The lowest BCUT2D eigenvalue weighted by molar-refractivity contribution is -0.118. The number of aliphatic hydroxyl groups is 1. The molecule has 1 saturated heterocycles. The maximum atomic E-state index is 14.7. The minimum Gasteiger partial charge on any atom is -0.388 e. The highest BCUT2D eigenvalue weighted by Crippen LogP contribution is 2.51. The van der Waals surface area contributed by atoms with Crippen LogP contribution in [0, 0.1) is 28.0 Å². The molecule has 3 N–H and O–H groups in total. The molecule has 0 unspecified atom stereocenters. The summed E-state index contributed by atoms with van der Waals surface area (Å²) >= 11 is 2.03. The van der Waals surface area contributed by atoms with Gasteiger partial charge in [-0.15, -0.1) is 0 Å². The van der Waals surface area contributed by atoms with Gasteiger partial charge in [-0.1, -0.05) is 65.1 Å². The summed E-state index contributed by atoms with van der Waals surface area (Å²) in [6, 6.07) is 2.89. The maximum absolute atomic E-state index is 14.7. The number of ether oxygens (including phenoxy) is 1. The van der Waals surface area contributed by atoms with Gasteiger partial charge in [0.05, 0.1) is 31.6 Å². The molecular formula is C26H37FN5O8PS2. The van der Waals surface area contributed by atoms with Gasteiger partial charge in [0.2, 0.25) is 5.60 Å². The molecule has 43 heavy (non-hydrogen) atoms. The molecule has 0 spiro atoms. The molecule has 3 atom stereocenters. The fraction of sp³-hybridized carbons (Fsp3) is 0.654. The monoisotopic (exact) mass is 661 g/mol. The lowest BCUT2D eigenvalue weighted by Crippen LogP contribution is -2.36. The van der Waals surface area contributed by atoms with E-state index in [9.17, 15) is 28.9 Å². The summed E-state index contributed by atoms with van der Waals surface area (Å²) < 4.78 is 51.6. The minimum atomic E-state index is -4.25. The molecule has 238 valence electrons. The maximum Gasteiger partial charge on any atom is 0.474 e. The third-order valence-electron chi connectivity index (χ3n) is 6.17. The number of fused-ring (bicyclic) bond motifs is 1. The molecule has 3 heterocycles. The number of aromatic nitrogens is 3. The van der Waals surface area contributed by atoms with Crippen LogP contribution in [0.25, 0.3) is 5.52 Å². The normalized spacial score (nSPS) is 21.3. The number of hydrogen-bond donors (Lipinski definition) is 2. The Bertz CT molecular complexity index is 1390. The quantitative estimate of drug-likeness (QED) is 0.244. The summed E-state index contributed by atoms with van der Waals surface area (Å²) in [6.45, 7) is 9.95. The Morgan fingerprint density at radius 1 is 1.19 bits per heavy atom. The average molecular weight is 662 g/mol. The summed E-state index contributed by atoms with van der Waals surface area (Å²) in [4.78, 5) is 28.2. The molecule has 2 aromatic rings. The Kier molecular flexibility index (Phi) is 11.4. The van der Waals surface area contributed by atoms with Crippen molar-refractivity contribution in [3.63, 3.8) is 0 Å². The zero-order chi connectivity index (χ0) is 32.2. The van der Waals surface area contributed by atoms with Gasteiger partial charge in [0.1, 0.15) is 24.0 Å². The first-order valence-electron chi connectivity index (χ1n) is 13.4. The zero-order valence-corrected chi connectivity index (χ0v) is 27.4. The SMILES string of the molecule is CC(C)(C)C(=O)SCCOP(=O)(OCCSC(=O)C(C)(C)C)OC[C@@H]1C[C@@H](O)[C@](C#N)(c2cc(F)c3c(N)ncnn23)O1. The largest absolute Gasteiger partial charge is 0.474 e. The van der Waals surface area contributed by atoms with Crippen LogP contribution in [0.2, 0.25) is 0 Å². The lowest BCUT2D eigenvalue weighted by Gasteiger charge is -2.24. The van der Waals surface area contributed by atoms with Crippen LogP contribution in [-0.4, -0.2) is 73.5 Å². The fourth-order valence-electron chi connectivity index (χ4n) is 3.87. The second kappa shape index (κ2) is 13.9. The highest BCUT2D eigenvalue weighted by atomic mass is 32.2. The van der Waals surface area contributed by atoms with Crippen LogP contribution in [0.5, 0.6) is 0 Å². The number of nitrogens with zero attached hydrogens (tertiary/aromatic N) is 4. The summed E-state index contributed by atoms with van der Waals surface area (Å²) in [6.07, 6.45) is -1.50. The van der Waals surface area contributed by atoms with Crippen LogP contribution in [0.3, 0.4) is 0 Å². The summed E-state index contributed by atoms with van der Waals surface area (Å²) in [5.74, 6) is -0.620. The number of anilines is 1. The van der Waals surface area contributed by atoms with Gasteiger partial charge in [0, 0.05) is 34.8 Å². The number of aliphatic hydroxyl groups excluding tert-OH is 1. The van der Waals surface area contributed by atoms with Crippen molar-refractivity contribution in [2.24, 2.45) is 10.8 Å². The molecule has 17 heteroatoms. The van der Waals surface area contributed by atoms with Gasteiger partial charge in [-0.25, -0.2) is 18.5 Å². The second-order valence-electron chi connectivity index (χ2n) is 11.8. The number of nitrogen functional groups attached to an aromatic ring is 1. The smallest absolute Gasteiger partial charge is 0.388 e. The second-order valence-corrected chi connectivity index (χ2v) is 15.6. The number of hydrogen-bond acceptors (Lipinski definition) is 14. The van der Waals surface area contributed by atoms with Crippen molar-refractivity contribution in [3.8, 4) is 6.07 Å². The summed E-state index contributed by atoms with van der Waals surface area (Å²) in [5.41, 5.74) is 2.28. The zero-order valence-electron chi connectivity index (χ0n) is 24.9. The molecule has 3 rings (SSSR count). The molecular weight excluding hydrogens is 624 g/mol. The van der Waals surface area contributed by atoms with Crippen molar-refractivity contribution in [1.29, 1.82) is 5.26 Å². The first kappa shape index (κ1) is 35.4. The van der Waals surface area contributed by atoms with E-state index in [0.29, 0.717) is 0 Å². The molecule has 13 nitrogen and oxygen atoms in total. The summed E-state index contributed by atoms with van der Waals surface area (Å²) in [5, 5.41) is 24.8. The Hall–Kier alpha value is -2.09. The number of nitrogens with two attached hydrogens (primary N) is 1. The number of halogens is 1. The van der Waals surface area contributed by atoms with Crippen molar-refractivity contribution >= 4 is 52.9 Å². The minimum absolute atomic E-state index is 0.0765. The van der Waals surface area contributed by atoms with E-state index >= 15 is 0 Å². The van der Waals surface area contributed by atoms with E-state index in [4.69, 9.17) is 24.0 Å². The molecule has 0 radical (unpaired) electrons. The van der Waals surface area contributed by atoms with Crippen LogP contribution in [0.15, 0.2) is 12.4 Å². The molecule has 1 aliphatic heterocycles. The van der Waals surface area contributed by atoms with Gasteiger partial charge in [0.25, 0.3) is 0 Å². The van der Waals surface area contributed by atoms with E-state index in [0.717, 1.165) is 40.4 Å². The van der Waals surface area contributed by atoms with E-state index in [2.05, 4.69) is 10.1 Å². The number of carbonyl (C=O) groups is 2. The van der Waals surface area contributed by atoms with Crippen LogP contribution in [0.1, 0.15) is 53.7 Å². The third-order valence-corrected chi connectivity index (χ3v) is 10.1. The first-order valence-corrected chi connectivity index (χ1v) is 16.8. The molecule has 0 aliphatic carbocycles. The summed E-state index contributed by atoms with van der Waals surface area (Å²) in [7, 11) is -4.25. The van der Waals surface area contributed by atoms with Crippen molar-refractivity contribution in [2.45, 2.75) is 65.8 Å². The van der Waals surface area contributed by atoms with Crippen molar-refractivity contribution in [1.82, 2.24) is 14.6 Å². The van der Waals surface area contributed by atoms with Crippen LogP contribution in [0.4, 0.5) is 10.2 Å². The average Bonchev–Trinajstić information content (AvgIpc) is 3.44. The van der Waals surface area contributed by atoms with Crippen molar-refractivity contribution < 1.29 is 42.0 Å². The van der Waals surface area contributed by atoms with E-state index < -0.39 is 48.9 Å². The molecule has 1 fully saturated rings.